The lowest BCUT2D eigenvalue weighted by Gasteiger charge is -2.51. The van der Waals surface area contributed by atoms with Gasteiger partial charge in [0.1, 0.15) is 17.3 Å². The van der Waals surface area contributed by atoms with E-state index in [1.807, 2.05) is 12.1 Å². The third kappa shape index (κ3) is 1.46. The Morgan fingerprint density at radius 3 is 2.36 bits per heavy atom. The van der Waals surface area contributed by atoms with Crippen molar-refractivity contribution in [2.45, 2.75) is 44.4 Å². The molecule has 4 aliphatic carbocycles. The molecule has 0 aliphatic heterocycles. The van der Waals surface area contributed by atoms with Gasteiger partial charge in [-0.2, -0.15) is 0 Å². The average molecular weight is 336 g/mol. The number of methoxy groups -OCH3 is 1. The number of rotatable bonds is 2. The number of hydrogen-bond acceptors (Lipinski definition) is 3. The van der Waals surface area contributed by atoms with E-state index >= 15 is 0 Å². The average Bonchev–Trinajstić information content (AvgIpc) is 3.15. The maximum absolute atomic E-state index is 13.0. The molecule has 0 aromatic heterocycles. The van der Waals surface area contributed by atoms with Crippen LogP contribution in [0.25, 0.3) is 0 Å². The van der Waals surface area contributed by atoms with Gasteiger partial charge in [0.15, 0.2) is 0 Å². The molecule has 3 saturated carbocycles. The third-order valence-electron chi connectivity index (χ3n) is 8.09. The summed E-state index contributed by atoms with van der Waals surface area (Å²) >= 11 is 0. The molecule has 5 atom stereocenters. The smallest absolute Gasteiger partial charge is 0.145 e. The van der Waals surface area contributed by atoms with Crippen molar-refractivity contribution < 1.29 is 14.3 Å². The molecule has 0 spiro atoms. The van der Waals surface area contributed by atoms with Crippen LogP contribution < -0.4 is 4.74 Å². The number of benzene rings is 1. The Bertz CT molecular complexity index is 807. The fourth-order valence-electron chi connectivity index (χ4n) is 7.10. The van der Waals surface area contributed by atoms with Crippen LogP contribution in [0.3, 0.4) is 0 Å². The number of allylic oxidation sites excluding steroid dienone is 2. The topological polar surface area (TPSA) is 43.4 Å². The van der Waals surface area contributed by atoms with E-state index in [4.69, 9.17) is 4.74 Å². The minimum absolute atomic E-state index is 0.0477. The van der Waals surface area contributed by atoms with Crippen molar-refractivity contribution in [2.24, 2.45) is 22.7 Å². The van der Waals surface area contributed by atoms with Gasteiger partial charge >= 0.3 is 0 Å². The summed E-state index contributed by atoms with van der Waals surface area (Å²) in [6.07, 6.45) is 9.22. The number of carbonyl (C=O) groups is 2. The SMILES string of the molecule is COc1ccc([C@@]23C=C[C@]4(CCCC[C@@]42C)[C@H]2C(=O)CC(=O)[C@H]23)cc1. The van der Waals surface area contributed by atoms with Crippen molar-refractivity contribution >= 4 is 11.6 Å². The summed E-state index contributed by atoms with van der Waals surface area (Å²) in [6.45, 7) is 2.34. The van der Waals surface area contributed by atoms with Gasteiger partial charge < -0.3 is 4.74 Å². The molecule has 1 aromatic rings. The summed E-state index contributed by atoms with van der Waals surface area (Å²) in [7, 11) is 1.67. The molecule has 0 N–H and O–H groups in total. The molecule has 4 aliphatic rings. The monoisotopic (exact) mass is 336 g/mol. The van der Waals surface area contributed by atoms with Crippen LogP contribution in [0.1, 0.15) is 44.6 Å². The van der Waals surface area contributed by atoms with Crippen LogP contribution in [0, 0.1) is 22.7 Å². The lowest BCUT2D eigenvalue weighted by atomic mass is 9.52. The lowest BCUT2D eigenvalue weighted by Crippen LogP contribution is -2.47. The molecule has 0 unspecified atom stereocenters. The van der Waals surface area contributed by atoms with Crippen LogP contribution in [0.2, 0.25) is 0 Å². The van der Waals surface area contributed by atoms with Crippen LogP contribution in [-0.4, -0.2) is 18.7 Å². The summed E-state index contributed by atoms with van der Waals surface area (Å²) in [4.78, 5) is 25.8. The Morgan fingerprint density at radius 2 is 1.64 bits per heavy atom. The van der Waals surface area contributed by atoms with Crippen LogP contribution in [0.4, 0.5) is 0 Å². The zero-order chi connectivity index (χ0) is 17.4. The van der Waals surface area contributed by atoms with Gasteiger partial charge in [0.2, 0.25) is 0 Å². The Labute approximate surface area is 148 Å². The van der Waals surface area contributed by atoms with Crippen molar-refractivity contribution in [3.63, 3.8) is 0 Å². The molecule has 0 radical (unpaired) electrons. The van der Waals surface area contributed by atoms with Crippen molar-refractivity contribution in [1.29, 1.82) is 0 Å². The molecular formula is C22H24O3. The first-order valence-corrected chi connectivity index (χ1v) is 9.40. The van der Waals surface area contributed by atoms with Gasteiger partial charge in [-0.1, -0.05) is 44.1 Å². The highest BCUT2D eigenvalue weighted by atomic mass is 16.5. The molecule has 3 fully saturated rings. The molecule has 1 aromatic carbocycles. The summed E-state index contributed by atoms with van der Waals surface area (Å²) in [5.74, 6) is 0.873. The molecule has 25 heavy (non-hydrogen) atoms. The molecule has 5 rings (SSSR count). The molecule has 130 valence electrons. The fraction of sp³-hybridized carbons (Fsp3) is 0.545. The van der Waals surface area contributed by atoms with Gasteiger partial charge in [-0.3, -0.25) is 9.59 Å². The highest BCUT2D eigenvalue weighted by Gasteiger charge is 2.79. The number of Topliss-reactive ketones (excluding diaryl/α,β-unsaturated/α-hetero) is 2. The normalized spacial score (nSPS) is 44.1. The highest BCUT2D eigenvalue weighted by Crippen LogP contribution is 2.79. The molecule has 0 saturated heterocycles. The van der Waals surface area contributed by atoms with Crippen molar-refractivity contribution in [2.75, 3.05) is 7.11 Å². The number of hydrogen-bond donors (Lipinski definition) is 0. The molecule has 2 bridgehead atoms. The van der Waals surface area contributed by atoms with Gasteiger partial charge in [0.25, 0.3) is 0 Å². The molecule has 3 nitrogen and oxygen atoms in total. The minimum Gasteiger partial charge on any atom is -0.497 e. The van der Waals surface area contributed by atoms with E-state index in [1.165, 1.54) is 12.0 Å². The zero-order valence-corrected chi connectivity index (χ0v) is 14.9. The summed E-state index contributed by atoms with van der Waals surface area (Å²) in [5.41, 5.74) is 0.659. The van der Waals surface area contributed by atoms with Gasteiger partial charge in [0.05, 0.1) is 13.5 Å². The maximum atomic E-state index is 13.0. The van der Waals surface area contributed by atoms with Crippen molar-refractivity contribution in [3.05, 3.63) is 42.0 Å². The number of fused-ring (bicyclic) bond motifs is 2. The van der Waals surface area contributed by atoms with E-state index in [-0.39, 0.29) is 46.1 Å². The summed E-state index contributed by atoms with van der Waals surface area (Å²) < 4.78 is 5.33. The lowest BCUT2D eigenvalue weighted by molar-refractivity contribution is -0.126. The third-order valence-corrected chi connectivity index (χ3v) is 8.09. The molecule has 3 heteroatoms. The Morgan fingerprint density at radius 1 is 0.960 bits per heavy atom. The Hall–Kier alpha value is -1.90. The second-order valence-corrected chi connectivity index (χ2v) is 8.58. The largest absolute Gasteiger partial charge is 0.497 e. The van der Waals surface area contributed by atoms with Gasteiger partial charge in [-0.05, 0) is 36.0 Å². The predicted molar refractivity (Wildman–Crippen MR) is 94.4 cm³/mol. The Kier molecular flexibility index (Phi) is 2.84. The standard InChI is InChI=1S/C22H24O3/c1-20-9-3-4-10-21(20)11-12-22(20,14-5-7-15(25-2)8-6-14)19-17(24)13-16(23)18(19)21/h5-8,11-12,18-19H,3-4,9-10,13H2,1-2H3/t18-,19+,20-,21+,22+/m0/s1. The number of carbonyl (C=O) groups excluding carboxylic acids is 2. The van der Waals surface area contributed by atoms with Gasteiger partial charge in [-0.15, -0.1) is 0 Å². The van der Waals surface area contributed by atoms with E-state index in [9.17, 15) is 9.59 Å². The summed E-state index contributed by atoms with van der Waals surface area (Å²) in [5, 5.41) is 0. The zero-order valence-electron chi connectivity index (χ0n) is 14.9. The van der Waals surface area contributed by atoms with Gasteiger partial charge in [-0.25, -0.2) is 0 Å². The molecule has 0 heterocycles. The van der Waals surface area contributed by atoms with Crippen LogP contribution in [0.5, 0.6) is 5.75 Å². The quantitative estimate of drug-likeness (QED) is 0.608. The second kappa shape index (κ2) is 4.63. The maximum Gasteiger partial charge on any atom is 0.145 e. The first kappa shape index (κ1) is 15.4. The Balaban J connectivity index is 1.77. The predicted octanol–water partition coefficient (Wildman–Crippen LogP) is 3.86. The van der Waals surface area contributed by atoms with E-state index in [0.717, 1.165) is 25.0 Å². The molecule has 0 amide bonds. The second-order valence-electron chi connectivity index (χ2n) is 8.58. The van der Waals surface area contributed by atoms with Crippen LogP contribution in [0.15, 0.2) is 36.4 Å². The first-order valence-electron chi connectivity index (χ1n) is 9.40. The number of ether oxygens (including phenoxy) is 1. The highest BCUT2D eigenvalue weighted by molar-refractivity contribution is 6.11. The van der Waals surface area contributed by atoms with E-state index in [1.54, 1.807) is 7.11 Å². The summed E-state index contributed by atoms with van der Waals surface area (Å²) in [6, 6.07) is 8.19. The minimum atomic E-state index is -0.340. The van der Waals surface area contributed by atoms with E-state index in [0.29, 0.717) is 0 Å². The molecular weight excluding hydrogens is 312 g/mol. The van der Waals surface area contributed by atoms with E-state index in [2.05, 4.69) is 31.2 Å². The van der Waals surface area contributed by atoms with Crippen LogP contribution in [-0.2, 0) is 15.0 Å². The number of ketones is 2. The van der Waals surface area contributed by atoms with Gasteiger partial charge in [0, 0.05) is 22.7 Å². The first-order chi connectivity index (χ1) is 12.0. The fourth-order valence-corrected chi connectivity index (χ4v) is 7.10. The van der Waals surface area contributed by atoms with Crippen LogP contribution >= 0.6 is 0 Å². The van der Waals surface area contributed by atoms with Crippen molar-refractivity contribution in [1.82, 2.24) is 0 Å². The van der Waals surface area contributed by atoms with Crippen molar-refractivity contribution in [3.8, 4) is 5.75 Å². The van der Waals surface area contributed by atoms with E-state index < -0.39 is 0 Å².